The summed E-state index contributed by atoms with van der Waals surface area (Å²) in [6, 6.07) is 4.57. The fourth-order valence-corrected chi connectivity index (χ4v) is 4.40. The molecule has 2 N–H and O–H groups in total. The minimum Gasteiger partial charge on any atom is -0.367 e. The smallest absolute Gasteiger partial charge is 0.367 e. The zero-order chi connectivity index (χ0) is 22.5. The summed E-state index contributed by atoms with van der Waals surface area (Å²) in [5.41, 5.74) is 1.66. The number of anilines is 2. The summed E-state index contributed by atoms with van der Waals surface area (Å²) in [7, 11) is 1.92. The van der Waals surface area contributed by atoms with Crippen molar-refractivity contribution < 1.29 is 13.2 Å². The van der Waals surface area contributed by atoms with Crippen molar-refractivity contribution >= 4 is 28.3 Å². The van der Waals surface area contributed by atoms with E-state index in [-0.39, 0.29) is 17.7 Å². The third-order valence-corrected chi connectivity index (χ3v) is 5.83. The Labute approximate surface area is 181 Å². The molecule has 1 saturated carbocycles. The Bertz CT molecular complexity index is 1280. The molecule has 0 amide bonds. The van der Waals surface area contributed by atoms with Crippen molar-refractivity contribution in [3.8, 4) is 0 Å². The minimum absolute atomic E-state index is 0.0109. The highest BCUT2D eigenvalue weighted by molar-refractivity contribution is 5.86. The van der Waals surface area contributed by atoms with E-state index in [1.165, 1.54) is 4.52 Å². The molecule has 11 heteroatoms. The summed E-state index contributed by atoms with van der Waals surface area (Å²) in [5.74, 6) is 1.06. The minimum atomic E-state index is -4.53. The van der Waals surface area contributed by atoms with Crippen LogP contribution in [0, 0.1) is 6.92 Å². The third-order valence-electron chi connectivity index (χ3n) is 5.83. The normalized spacial score (nSPS) is 19.5. The second kappa shape index (κ2) is 7.64. The van der Waals surface area contributed by atoms with E-state index < -0.39 is 11.9 Å². The van der Waals surface area contributed by atoms with Gasteiger partial charge in [0.25, 0.3) is 0 Å². The summed E-state index contributed by atoms with van der Waals surface area (Å²) < 4.78 is 43.5. The molecule has 2 atom stereocenters. The Kier molecular flexibility index (Phi) is 4.90. The van der Waals surface area contributed by atoms with Gasteiger partial charge in [-0.05, 0) is 38.7 Å². The van der Waals surface area contributed by atoms with Gasteiger partial charge in [0.1, 0.15) is 11.3 Å². The molecule has 8 nitrogen and oxygen atoms in total. The second-order valence-corrected chi connectivity index (χ2v) is 8.31. The van der Waals surface area contributed by atoms with Gasteiger partial charge in [-0.15, -0.1) is 0 Å². The molecule has 0 spiro atoms. The van der Waals surface area contributed by atoms with E-state index in [1.54, 1.807) is 25.5 Å². The van der Waals surface area contributed by atoms with Crippen LogP contribution in [0.25, 0.3) is 16.7 Å². The third kappa shape index (κ3) is 3.82. The molecule has 32 heavy (non-hydrogen) atoms. The van der Waals surface area contributed by atoms with Crippen LogP contribution >= 0.6 is 0 Å². The fraction of sp³-hybridized carbons (Fsp3) is 0.429. The largest absolute Gasteiger partial charge is 0.433 e. The van der Waals surface area contributed by atoms with Gasteiger partial charge in [0.15, 0.2) is 17.2 Å². The van der Waals surface area contributed by atoms with E-state index in [2.05, 4.69) is 30.7 Å². The lowest BCUT2D eigenvalue weighted by Gasteiger charge is -2.31. The van der Waals surface area contributed by atoms with Gasteiger partial charge in [0, 0.05) is 37.5 Å². The molecule has 1 aliphatic carbocycles. The number of nitrogens with one attached hydrogen (secondary N) is 2. The molecule has 0 bridgehead atoms. The number of hydrogen-bond acceptors (Lipinski definition) is 6. The second-order valence-electron chi connectivity index (χ2n) is 8.31. The quantitative estimate of drug-likeness (QED) is 0.491. The SMILES string of the molecule is Cc1cc2nc(C(F)(F)F)cc(NC3CCCC(Nc4nccc5ncn(C)c45)C3)n2n1. The van der Waals surface area contributed by atoms with Crippen LogP contribution in [0.5, 0.6) is 0 Å². The average molecular weight is 444 g/mol. The number of rotatable bonds is 4. The van der Waals surface area contributed by atoms with Crippen molar-refractivity contribution in [3.05, 3.63) is 42.1 Å². The van der Waals surface area contributed by atoms with E-state index in [9.17, 15) is 13.2 Å². The Morgan fingerprint density at radius 2 is 1.88 bits per heavy atom. The summed E-state index contributed by atoms with van der Waals surface area (Å²) in [6.07, 6.45) is 2.43. The highest BCUT2D eigenvalue weighted by atomic mass is 19.4. The number of fused-ring (bicyclic) bond motifs is 2. The molecule has 4 aromatic heterocycles. The van der Waals surface area contributed by atoms with E-state index in [1.807, 2.05) is 17.7 Å². The number of aryl methyl sites for hydroxylation is 2. The average Bonchev–Trinajstić information content (AvgIpc) is 3.30. The maximum Gasteiger partial charge on any atom is 0.433 e. The summed E-state index contributed by atoms with van der Waals surface area (Å²) >= 11 is 0. The lowest BCUT2D eigenvalue weighted by molar-refractivity contribution is -0.141. The molecule has 4 aromatic rings. The summed E-state index contributed by atoms with van der Waals surface area (Å²) in [4.78, 5) is 12.6. The van der Waals surface area contributed by atoms with Crippen molar-refractivity contribution in [2.45, 2.75) is 50.9 Å². The first kappa shape index (κ1) is 20.5. The Hall–Kier alpha value is -3.37. The van der Waals surface area contributed by atoms with Crippen LogP contribution < -0.4 is 10.6 Å². The number of pyridine rings is 1. The van der Waals surface area contributed by atoms with Crippen molar-refractivity contribution in [3.63, 3.8) is 0 Å². The van der Waals surface area contributed by atoms with Crippen molar-refractivity contribution in [2.75, 3.05) is 10.6 Å². The summed E-state index contributed by atoms with van der Waals surface area (Å²) in [6.45, 7) is 1.73. The predicted octanol–water partition coefficient (Wildman–Crippen LogP) is 4.17. The van der Waals surface area contributed by atoms with Gasteiger partial charge in [-0.25, -0.2) is 15.0 Å². The van der Waals surface area contributed by atoms with Gasteiger partial charge in [-0.2, -0.15) is 22.8 Å². The van der Waals surface area contributed by atoms with Gasteiger partial charge in [0.2, 0.25) is 0 Å². The highest BCUT2D eigenvalue weighted by Crippen LogP contribution is 2.32. The standard InChI is InChI=1S/C21H23F3N8/c1-12-8-17-29-16(21(22,23)24)10-18(32(17)30-12)27-13-4-3-5-14(9-13)28-20-19-15(6-7-25-20)26-11-31(19)2/h6-8,10-11,13-14,27H,3-5,9H2,1-2H3,(H,25,28). The maximum absolute atomic E-state index is 13.4. The van der Waals surface area contributed by atoms with E-state index in [0.717, 1.165) is 48.6 Å². The molecular weight excluding hydrogens is 421 g/mol. The molecule has 0 radical (unpaired) electrons. The number of hydrogen-bond donors (Lipinski definition) is 2. The molecule has 1 fully saturated rings. The van der Waals surface area contributed by atoms with Gasteiger partial charge >= 0.3 is 6.18 Å². The molecule has 0 saturated heterocycles. The Morgan fingerprint density at radius 1 is 1.09 bits per heavy atom. The molecule has 4 heterocycles. The van der Waals surface area contributed by atoms with Crippen molar-refractivity contribution in [1.29, 1.82) is 0 Å². The van der Waals surface area contributed by atoms with Crippen LogP contribution in [0.3, 0.4) is 0 Å². The first-order valence-corrected chi connectivity index (χ1v) is 10.5. The van der Waals surface area contributed by atoms with Crippen LogP contribution in [-0.4, -0.2) is 41.2 Å². The van der Waals surface area contributed by atoms with E-state index >= 15 is 0 Å². The summed E-state index contributed by atoms with van der Waals surface area (Å²) in [5, 5.41) is 11.1. The molecule has 0 aromatic carbocycles. The topological polar surface area (TPSA) is 85.0 Å². The van der Waals surface area contributed by atoms with Gasteiger partial charge in [-0.3, -0.25) is 0 Å². The van der Waals surface area contributed by atoms with Crippen LogP contribution in [0.2, 0.25) is 0 Å². The lowest BCUT2D eigenvalue weighted by Crippen LogP contribution is -2.35. The van der Waals surface area contributed by atoms with Crippen LogP contribution in [-0.2, 0) is 13.2 Å². The van der Waals surface area contributed by atoms with Crippen molar-refractivity contribution in [2.24, 2.45) is 7.05 Å². The molecule has 2 unspecified atom stereocenters. The first-order chi connectivity index (χ1) is 15.3. The zero-order valence-corrected chi connectivity index (χ0v) is 17.7. The fourth-order valence-electron chi connectivity index (χ4n) is 4.40. The number of imidazole rings is 1. The highest BCUT2D eigenvalue weighted by Gasteiger charge is 2.34. The maximum atomic E-state index is 13.4. The lowest BCUT2D eigenvalue weighted by atomic mass is 9.91. The molecule has 0 aliphatic heterocycles. The van der Waals surface area contributed by atoms with E-state index in [0.29, 0.717) is 11.5 Å². The first-order valence-electron chi connectivity index (χ1n) is 10.5. The number of aromatic nitrogens is 6. The van der Waals surface area contributed by atoms with Crippen molar-refractivity contribution in [1.82, 2.24) is 29.1 Å². The van der Waals surface area contributed by atoms with Gasteiger partial charge < -0.3 is 15.2 Å². The molecule has 5 rings (SSSR count). The Balaban J connectivity index is 1.38. The predicted molar refractivity (Wildman–Crippen MR) is 115 cm³/mol. The molecule has 168 valence electrons. The van der Waals surface area contributed by atoms with Gasteiger partial charge in [0.05, 0.1) is 17.5 Å². The number of alkyl halides is 3. The van der Waals surface area contributed by atoms with Gasteiger partial charge in [-0.1, -0.05) is 0 Å². The van der Waals surface area contributed by atoms with Crippen LogP contribution in [0.4, 0.5) is 24.8 Å². The Morgan fingerprint density at radius 3 is 2.66 bits per heavy atom. The van der Waals surface area contributed by atoms with Crippen LogP contribution in [0.15, 0.2) is 30.7 Å². The molecule has 1 aliphatic rings. The number of nitrogens with zero attached hydrogens (tertiary/aromatic N) is 6. The van der Waals surface area contributed by atoms with Crippen LogP contribution in [0.1, 0.15) is 37.1 Å². The zero-order valence-electron chi connectivity index (χ0n) is 17.7. The monoisotopic (exact) mass is 444 g/mol. The number of halogens is 3. The van der Waals surface area contributed by atoms with E-state index in [4.69, 9.17) is 0 Å². The molecular formula is C21H23F3N8.